The van der Waals surface area contributed by atoms with Gasteiger partial charge in [-0.25, -0.2) is 19.2 Å². The highest BCUT2D eigenvalue weighted by atomic mass is 127. The molecule has 3 aromatic carbocycles. The summed E-state index contributed by atoms with van der Waals surface area (Å²) in [6, 6.07) is 17.9. The van der Waals surface area contributed by atoms with Crippen LogP contribution in [-0.4, -0.2) is 52.5 Å². The van der Waals surface area contributed by atoms with Gasteiger partial charge < -0.3 is 24.5 Å². The minimum Gasteiger partial charge on any atom is -0.489 e. The molecule has 9 nitrogen and oxygen atoms in total. The first-order chi connectivity index (χ1) is 20.6. The Bertz CT molecular complexity index is 1580. The third-order valence-corrected chi connectivity index (χ3v) is 6.99. The number of ether oxygens (including phenoxy) is 2. The molecule has 4 rings (SSSR count). The Morgan fingerprint density at radius 2 is 1.95 bits per heavy atom. The van der Waals surface area contributed by atoms with Crippen molar-refractivity contribution in [1.29, 1.82) is 0 Å². The SMILES string of the molecule is CCN(CCO/N=C/c1ccc2ncnc(Nc3ccc(OCc4cccc(F)c4)c(CI)c3)c2c1)C(=O)OC(C)(C)C. The van der Waals surface area contributed by atoms with E-state index in [0.29, 0.717) is 18.9 Å². The van der Waals surface area contributed by atoms with E-state index in [4.69, 9.17) is 14.3 Å². The molecule has 0 aliphatic heterocycles. The summed E-state index contributed by atoms with van der Waals surface area (Å²) >= 11 is 2.29. The maximum absolute atomic E-state index is 13.5. The second-order valence-electron chi connectivity index (χ2n) is 10.6. The Labute approximate surface area is 264 Å². The number of hydrogen-bond donors (Lipinski definition) is 1. The molecule has 0 atom stereocenters. The van der Waals surface area contributed by atoms with Crippen LogP contribution in [0.25, 0.3) is 10.9 Å². The number of likely N-dealkylation sites (N-methyl/N-ethyl adjacent to an activating group) is 1. The predicted molar refractivity (Wildman–Crippen MR) is 175 cm³/mol. The van der Waals surface area contributed by atoms with Crippen LogP contribution >= 0.6 is 22.6 Å². The highest BCUT2D eigenvalue weighted by Gasteiger charge is 2.20. The first kappa shape index (κ1) is 31.9. The molecule has 0 aliphatic rings. The molecule has 0 aliphatic carbocycles. The molecule has 0 radical (unpaired) electrons. The zero-order valence-corrected chi connectivity index (χ0v) is 26.8. The number of aromatic nitrogens is 2. The average molecular weight is 700 g/mol. The molecule has 0 spiro atoms. The van der Waals surface area contributed by atoms with Crippen LogP contribution in [0.1, 0.15) is 44.4 Å². The number of alkyl halides is 1. The Morgan fingerprint density at radius 1 is 1.12 bits per heavy atom. The molecule has 4 aromatic rings. The lowest BCUT2D eigenvalue weighted by Crippen LogP contribution is -2.38. The number of oxime groups is 1. The number of rotatable bonds is 12. The summed E-state index contributed by atoms with van der Waals surface area (Å²) in [6.07, 6.45) is 2.74. The summed E-state index contributed by atoms with van der Waals surface area (Å²) in [5.41, 5.74) is 3.63. The van der Waals surface area contributed by atoms with E-state index in [9.17, 15) is 9.18 Å². The van der Waals surface area contributed by atoms with Crippen molar-refractivity contribution in [3.63, 3.8) is 0 Å². The van der Waals surface area contributed by atoms with Gasteiger partial charge in [0.15, 0.2) is 0 Å². The van der Waals surface area contributed by atoms with E-state index in [1.54, 1.807) is 17.2 Å². The average Bonchev–Trinajstić information content (AvgIpc) is 2.97. The monoisotopic (exact) mass is 699 g/mol. The van der Waals surface area contributed by atoms with Crippen molar-refractivity contribution in [3.05, 3.63) is 89.5 Å². The summed E-state index contributed by atoms with van der Waals surface area (Å²) in [6.45, 7) is 8.76. The van der Waals surface area contributed by atoms with Crippen LogP contribution < -0.4 is 10.1 Å². The minimum atomic E-state index is -0.557. The molecule has 1 N–H and O–H groups in total. The fourth-order valence-corrected chi connectivity index (χ4v) is 4.68. The first-order valence-electron chi connectivity index (χ1n) is 13.9. The number of nitrogens with one attached hydrogen (secondary N) is 1. The van der Waals surface area contributed by atoms with Crippen LogP contribution in [0.5, 0.6) is 5.75 Å². The van der Waals surface area contributed by atoms with Crippen LogP contribution in [0, 0.1) is 5.82 Å². The van der Waals surface area contributed by atoms with Crippen molar-refractivity contribution in [3.8, 4) is 5.75 Å². The molecule has 226 valence electrons. The Balaban J connectivity index is 1.40. The van der Waals surface area contributed by atoms with Gasteiger partial charge in [-0.15, -0.1) is 0 Å². The zero-order chi connectivity index (χ0) is 30.8. The fourth-order valence-electron chi connectivity index (χ4n) is 4.09. The number of carbonyl (C=O) groups is 1. The lowest BCUT2D eigenvalue weighted by Gasteiger charge is -2.26. The Kier molecular flexibility index (Phi) is 11.1. The quantitative estimate of drug-likeness (QED) is 0.0534. The molecule has 43 heavy (non-hydrogen) atoms. The molecular formula is C32H35FIN5O4. The Hall–Kier alpha value is -4.00. The minimum absolute atomic E-state index is 0.230. The molecule has 0 unspecified atom stereocenters. The van der Waals surface area contributed by atoms with Gasteiger partial charge in [0.25, 0.3) is 0 Å². The predicted octanol–water partition coefficient (Wildman–Crippen LogP) is 7.63. The van der Waals surface area contributed by atoms with Gasteiger partial charge in [-0.3, -0.25) is 0 Å². The van der Waals surface area contributed by atoms with Crippen molar-refractivity contribution < 1.29 is 23.5 Å². The van der Waals surface area contributed by atoms with Gasteiger partial charge >= 0.3 is 6.09 Å². The van der Waals surface area contributed by atoms with E-state index in [0.717, 1.165) is 43.5 Å². The lowest BCUT2D eigenvalue weighted by molar-refractivity contribution is 0.0192. The van der Waals surface area contributed by atoms with E-state index >= 15 is 0 Å². The standard InChI is InChI=1S/C32H35FIN5O4/c1-5-39(31(40)43-32(2,3)4)13-14-42-37-19-22-9-11-28-27(16-22)30(36-21-35-28)38-26-10-12-29(24(17-26)18-34)41-20-23-7-6-8-25(33)15-23/h6-12,15-17,19,21H,5,13-14,18,20H2,1-4H3,(H,35,36,38)/b37-19+. The van der Waals surface area contributed by atoms with Crippen molar-refractivity contribution in [2.24, 2.45) is 5.16 Å². The molecule has 1 amide bonds. The third-order valence-electron chi connectivity index (χ3n) is 6.17. The molecular weight excluding hydrogens is 664 g/mol. The van der Waals surface area contributed by atoms with Crippen molar-refractivity contribution >= 4 is 57.3 Å². The highest BCUT2D eigenvalue weighted by Crippen LogP contribution is 2.29. The van der Waals surface area contributed by atoms with Crippen molar-refractivity contribution in [2.45, 2.75) is 44.3 Å². The molecule has 1 heterocycles. The number of carbonyl (C=O) groups excluding carboxylic acids is 1. The molecule has 11 heteroatoms. The molecule has 0 fully saturated rings. The molecule has 1 aromatic heterocycles. The third kappa shape index (κ3) is 9.50. The second kappa shape index (κ2) is 14.9. The van der Waals surface area contributed by atoms with Gasteiger partial charge in [-0.2, -0.15) is 0 Å². The maximum atomic E-state index is 13.5. The number of halogens is 2. The number of benzene rings is 3. The normalized spacial score (nSPS) is 11.5. The van der Waals surface area contributed by atoms with E-state index in [2.05, 4.69) is 43.0 Å². The number of amides is 1. The van der Waals surface area contributed by atoms with Crippen molar-refractivity contribution in [1.82, 2.24) is 14.9 Å². The number of fused-ring (bicyclic) bond motifs is 1. The zero-order valence-electron chi connectivity index (χ0n) is 24.6. The van der Waals surface area contributed by atoms with E-state index in [1.165, 1.54) is 18.5 Å². The van der Waals surface area contributed by atoms with Gasteiger partial charge in [0.1, 0.15) is 42.5 Å². The number of hydrogen-bond acceptors (Lipinski definition) is 8. The lowest BCUT2D eigenvalue weighted by atomic mass is 10.1. The summed E-state index contributed by atoms with van der Waals surface area (Å²) in [7, 11) is 0. The summed E-state index contributed by atoms with van der Waals surface area (Å²) in [5, 5.41) is 8.29. The smallest absolute Gasteiger partial charge is 0.410 e. The van der Waals surface area contributed by atoms with Gasteiger partial charge in [0, 0.05) is 27.6 Å². The van der Waals surface area contributed by atoms with Crippen LogP contribution in [0.15, 0.2) is 72.1 Å². The number of nitrogens with zero attached hydrogens (tertiary/aromatic N) is 4. The second-order valence-corrected chi connectivity index (χ2v) is 11.4. The summed E-state index contributed by atoms with van der Waals surface area (Å²) in [5.74, 6) is 1.10. The van der Waals surface area contributed by atoms with Crippen LogP contribution in [0.2, 0.25) is 0 Å². The molecule has 0 bridgehead atoms. The van der Waals surface area contributed by atoms with Crippen LogP contribution in [0.3, 0.4) is 0 Å². The van der Waals surface area contributed by atoms with Crippen LogP contribution in [0.4, 0.5) is 20.7 Å². The maximum Gasteiger partial charge on any atom is 0.410 e. The van der Waals surface area contributed by atoms with Gasteiger partial charge in [0.05, 0.1) is 18.3 Å². The molecule has 0 saturated carbocycles. The molecule has 0 saturated heterocycles. The number of anilines is 2. The van der Waals surface area contributed by atoms with Crippen LogP contribution in [-0.2, 0) is 20.6 Å². The fraction of sp³-hybridized carbons (Fsp3) is 0.312. The van der Waals surface area contributed by atoms with Gasteiger partial charge in [-0.1, -0.05) is 45.9 Å². The van der Waals surface area contributed by atoms with Crippen molar-refractivity contribution in [2.75, 3.05) is 25.0 Å². The topological polar surface area (TPSA) is 98.2 Å². The summed E-state index contributed by atoms with van der Waals surface area (Å²) in [4.78, 5) is 28.1. The summed E-state index contributed by atoms with van der Waals surface area (Å²) < 4.78 is 25.7. The van der Waals surface area contributed by atoms with E-state index in [1.807, 2.05) is 70.2 Å². The Morgan fingerprint density at radius 3 is 2.70 bits per heavy atom. The first-order valence-corrected chi connectivity index (χ1v) is 15.4. The highest BCUT2D eigenvalue weighted by molar-refractivity contribution is 14.1. The van der Waals surface area contributed by atoms with Gasteiger partial charge in [-0.05, 0) is 81.3 Å². The van der Waals surface area contributed by atoms with E-state index in [-0.39, 0.29) is 25.1 Å². The van der Waals surface area contributed by atoms with E-state index < -0.39 is 5.60 Å². The van der Waals surface area contributed by atoms with Gasteiger partial charge in [0.2, 0.25) is 0 Å². The largest absolute Gasteiger partial charge is 0.489 e.